The number of halogens is 1. The Balaban J connectivity index is 1.54. The number of nitrogens with zero attached hydrogens (tertiary/aromatic N) is 3. The summed E-state index contributed by atoms with van der Waals surface area (Å²) in [4.78, 5) is 40.6. The molecule has 0 aromatic heterocycles. The van der Waals surface area contributed by atoms with Crippen LogP contribution in [0.1, 0.15) is 32.6 Å². The number of likely N-dealkylation sites (N-methyl/N-ethyl adjacent to an activating group) is 1. The Hall–Kier alpha value is -2.53. The van der Waals surface area contributed by atoms with Gasteiger partial charge in [0.15, 0.2) is 0 Å². The van der Waals surface area contributed by atoms with Crippen LogP contribution in [0.4, 0.5) is 4.39 Å². The summed E-state index contributed by atoms with van der Waals surface area (Å²) in [6, 6.07) is 4.61. The summed E-state index contributed by atoms with van der Waals surface area (Å²) in [6.45, 7) is 3.13. The Kier molecular flexibility index (Phi) is 8.64. The second-order valence-corrected chi connectivity index (χ2v) is 10.7. The number of ether oxygens (including phenoxy) is 1. The van der Waals surface area contributed by atoms with Crippen LogP contribution in [0.2, 0.25) is 0 Å². The average Bonchev–Trinajstić information content (AvgIpc) is 2.84. The second-order valence-electron chi connectivity index (χ2n) is 8.76. The number of hydrogen-bond acceptors (Lipinski definition) is 6. The van der Waals surface area contributed by atoms with E-state index in [1.54, 1.807) is 18.9 Å². The molecular weight excluding hydrogens is 465 g/mol. The number of carbonyl (C=O) groups is 3. The van der Waals surface area contributed by atoms with Gasteiger partial charge in [0, 0.05) is 33.2 Å². The molecule has 2 aliphatic rings. The van der Waals surface area contributed by atoms with Gasteiger partial charge >= 0.3 is 5.97 Å². The molecule has 2 aliphatic heterocycles. The largest absolute Gasteiger partial charge is 0.466 e. The quantitative estimate of drug-likeness (QED) is 0.529. The van der Waals surface area contributed by atoms with E-state index in [2.05, 4.69) is 0 Å². The molecule has 2 saturated heterocycles. The van der Waals surface area contributed by atoms with Crippen molar-refractivity contribution in [2.75, 3.05) is 46.4 Å². The number of likely N-dealkylation sites (tertiary alicyclic amines) is 1. The predicted molar refractivity (Wildman–Crippen MR) is 121 cm³/mol. The van der Waals surface area contributed by atoms with E-state index in [1.165, 1.54) is 21.3 Å². The van der Waals surface area contributed by atoms with Gasteiger partial charge in [-0.15, -0.1) is 0 Å². The van der Waals surface area contributed by atoms with Crippen LogP contribution in [0.3, 0.4) is 0 Å². The van der Waals surface area contributed by atoms with E-state index >= 15 is 0 Å². The molecule has 0 radical (unpaired) electrons. The normalized spacial score (nSPS) is 20.1. The molecule has 0 saturated carbocycles. The smallest absolute Gasteiger partial charge is 0.309 e. The van der Waals surface area contributed by atoms with E-state index < -0.39 is 21.8 Å². The van der Waals surface area contributed by atoms with Crippen LogP contribution < -0.4 is 0 Å². The topological polar surface area (TPSA) is 104 Å². The number of rotatable bonds is 7. The van der Waals surface area contributed by atoms with Crippen molar-refractivity contribution in [3.05, 3.63) is 30.1 Å². The molecule has 2 fully saturated rings. The van der Waals surface area contributed by atoms with E-state index in [4.69, 9.17) is 4.74 Å². The van der Waals surface area contributed by atoms with Gasteiger partial charge in [-0.05, 0) is 56.9 Å². The molecule has 11 heteroatoms. The van der Waals surface area contributed by atoms with E-state index in [1.807, 2.05) is 0 Å². The maximum atomic E-state index is 13.2. The molecule has 0 N–H and O–H groups in total. The zero-order chi connectivity index (χ0) is 24.9. The molecule has 1 unspecified atom stereocenters. The third kappa shape index (κ3) is 6.12. The number of benzene rings is 1. The molecule has 1 aromatic rings. The number of carbonyl (C=O) groups excluding carboxylic acids is 3. The van der Waals surface area contributed by atoms with Crippen LogP contribution in [0.5, 0.6) is 0 Å². The van der Waals surface area contributed by atoms with Crippen LogP contribution in [0, 0.1) is 17.7 Å². The lowest BCUT2D eigenvalue weighted by molar-refractivity contribution is -0.151. The fraction of sp³-hybridized carbons (Fsp3) is 0.609. The predicted octanol–water partition coefficient (Wildman–Crippen LogP) is 1.49. The van der Waals surface area contributed by atoms with Crippen molar-refractivity contribution >= 4 is 27.8 Å². The fourth-order valence-corrected chi connectivity index (χ4v) is 5.96. The minimum atomic E-state index is -3.84. The summed E-state index contributed by atoms with van der Waals surface area (Å²) < 4.78 is 45.3. The average molecular weight is 498 g/mol. The molecule has 9 nitrogen and oxygen atoms in total. The third-order valence-corrected chi connectivity index (χ3v) is 8.28. The second kappa shape index (κ2) is 11.3. The number of hydrogen-bond donors (Lipinski definition) is 0. The van der Waals surface area contributed by atoms with Crippen molar-refractivity contribution in [1.29, 1.82) is 0 Å². The summed E-state index contributed by atoms with van der Waals surface area (Å²) in [6.07, 6.45) is 2.10. The van der Waals surface area contributed by atoms with Crippen molar-refractivity contribution in [3.8, 4) is 0 Å². The Labute approximate surface area is 199 Å². The molecule has 0 spiro atoms. The third-order valence-electron chi connectivity index (χ3n) is 6.40. The summed E-state index contributed by atoms with van der Waals surface area (Å²) in [5.41, 5.74) is 0. The van der Waals surface area contributed by atoms with Crippen molar-refractivity contribution in [2.24, 2.45) is 11.8 Å². The minimum absolute atomic E-state index is 0.0159. The first-order valence-corrected chi connectivity index (χ1v) is 13.0. The number of sulfonamides is 1. The van der Waals surface area contributed by atoms with Gasteiger partial charge in [0.1, 0.15) is 5.82 Å². The van der Waals surface area contributed by atoms with Crippen molar-refractivity contribution in [3.63, 3.8) is 0 Å². The highest BCUT2D eigenvalue weighted by Gasteiger charge is 2.35. The van der Waals surface area contributed by atoms with E-state index in [0.29, 0.717) is 45.4 Å². The van der Waals surface area contributed by atoms with Gasteiger partial charge in [-0.3, -0.25) is 14.4 Å². The van der Waals surface area contributed by atoms with Crippen LogP contribution in [-0.2, 0) is 29.1 Å². The molecule has 188 valence electrons. The summed E-state index contributed by atoms with van der Waals surface area (Å²) >= 11 is 0. The van der Waals surface area contributed by atoms with Crippen LogP contribution in [0.15, 0.2) is 29.2 Å². The zero-order valence-electron chi connectivity index (χ0n) is 19.6. The van der Waals surface area contributed by atoms with Crippen LogP contribution in [0.25, 0.3) is 0 Å². The molecule has 0 bridgehead atoms. The highest BCUT2D eigenvalue weighted by Crippen LogP contribution is 2.25. The van der Waals surface area contributed by atoms with Gasteiger partial charge in [0.2, 0.25) is 21.8 Å². The maximum absolute atomic E-state index is 13.2. The van der Waals surface area contributed by atoms with Gasteiger partial charge in [-0.2, -0.15) is 4.31 Å². The van der Waals surface area contributed by atoms with Crippen LogP contribution >= 0.6 is 0 Å². The molecule has 1 atom stereocenters. The first-order chi connectivity index (χ1) is 16.1. The first kappa shape index (κ1) is 26.1. The Morgan fingerprint density at radius 1 is 1.06 bits per heavy atom. The lowest BCUT2D eigenvalue weighted by Gasteiger charge is -2.34. The van der Waals surface area contributed by atoms with Crippen molar-refractivity contribution < 1.29 is 31.9 Å². The van der Waals surface area contributed by atoms with Crippen molar-refractivity contribution in [2.45, 2.75) is 37.5 Å². The molecule has 2 amide bonds. The first-order valence-electron chi connectivity index (χ1n) is 11.6. The van der Waals surface area contributed by atoms with Gasteiger partial charge < -0.3 is 14.5 Å². The number of esters is 1. The van der Waals surface area contributed by atoms with E-state index in [0.717, 1.165) is 12.1 Å². The number of amides is 2. The van der Waals surface area contributed by atoms with E-state index in [-0.39, 0.29) is 48.2 Å². The number of piperidine rings is 2. The van der Waals surface area contributed by atoms with Gasteiger partial charge in [-0.25, -0.2) is 12.8 Å². The molecule has 1 aromatic carbocycles. The van der Waals surface area contributed by atoms with Gasteiger partial charge in [-0.1, -0.05) is 0 Å². The van der Waals surface area contributed by atoms with Gasteiger partial charge in [0.25, 0.3) is 0 Å². The Morgan fingerprint density at radius 2 is 1.71 bits per heavy atom. The SMILES string of the molecule is CCOC(=O)C1CCN(C(=O)CN(C)C(=O)C2CCCN(S(=O)(=O)c3ccc(F)cc3)C2)CC1. The Bertz CT molecular complexity index is 992. The molecular formula is C23H32FN3O6S. The Morgan fingerprint density at radius 3 is 2.32 bits per heavy atom. The molecule has 2 heterocycles. The monoisotopic (exact) mass is 497 g/mol. The summed E-state index contributed by atoms with van der Waals surface area (Å²) in [7, 11) is -2.30. The van der Waals surface area contributed by atoms with Crippen LogP contribution in [-0.4, -0.2) is 86.7 Å². The molecule has 3 rings (SSSR count). The maximum Gasteiger partial charge on any atom is 0.309 e. The molecule has 34 heavy (non-hydrogen) atoms. The zero-order valence-corrected chi connectivity index (χ0v) is 20.4. The fourth-order valence-electron chi connectivity index (χ4n) is 4.44. The van der Waals surface area contributed by atoms with E-state index in [9.17, 15) is 27.2 Å². The minimum Gasteiger partial charge on any atom is -0.466 e. The lowest BCUT2D eigenvalue weighted by Crippen LogP contribution is -2.49. The molecule has 0 aliphatic carbocycles. The van der Waals surface area contributed by atoms with Crippen molar-refractivity contribution in [1.82, 2.24) is 14.1 Å². The lowest BCUT2D eigenvalue weighted by atomic mass is 9.96. The summed E-state index contributed by atoms with van der Waals surface area (Å²) in [5.74, 6) is -2.02. The highest BCUT2D eigenvalue weighted by atomic mass is 32.2. The summed E-state index contributed by atoms with van der Waals surface area (Å²) in [5, 5.41) is 0. The highest BCUT2D eigenvalue weighted by molar-refractivity contribution is 7.89. The standard InChI is InChI=1S/C23H32FN3O6S/c1-3-33-23(30)17-10-13-26(14-11-17)21(28)16-25(2)22(29)18-5-4-12-27(15-18)34(31,32)20-8-6-19(24)7-9-20/h6-9,17-18H,3-5,10-16H2,1-2H3. The van der Waals surface area contributed by atoms with Gasteiger partial charge in [0.05, 0.1) is 29.9 Å².